The lowest BCUT2D eigenvalue weighted by Crippen LogP contribution is -2.67. The summed E-state index contributed by atoms with van der Waals surface area (Å²) in [4.78, 5) is 58.8. The molecule has 0 saturated carbocycles. The van der Waals surface area contributed by atoms with Crippen LogP contribution in [0.3, 0.4) is 0 Å². The zero-order chi connectivity index (χ0) is 34.3. The van der Waals surface area contributed by atoms with Gasteiger partial charge in [0.2, 0.25) is 0 Å². The minimum Gasteiger partial charge on any atom is -0.467 e. The lowest BCUT2D eigenvalue weighted by molar-refractivity contribution is -0.160. The molecule has 2 aliphatic rings. The third-order valence-corrected chi connectivity index (χ3v) is 9.04. The zero-order valence-electron chi connectivity index (χ0n) is 28.0. The monoisotopic (exact) mass is 656 g/mol. The number of hydrogen-bond acceptors (Lipinski definition) is 8. The quantitative estimate of drug-likeness (QED) is 0.174. The summed E-state index contributed by atoms with van der Waals surface area (Å²) in [6.45, 7) is 5.08. The Morgan fingerprint density at radius 2 is 1.19 bits per heavy atom. The molecule has 3 amide bonds. The number of fused-ring (bicyclic) bond motifs is 2. The number of ether oxygens (including phenoxy) is 4. The van der Waals surface area contributed by atoms with Gasteiger partial charge in [0, 0.05) is 18.5 Å². The van der Waals surface area contributed by atoms with Gasteiger partial charge in [0.25, 0.3) is 0 Å². The first-order valence-corrected chi connectivity index (χ1v) is 16.4. The summed E-state index contributed by atoms with van der Waals surface area (Å²) < 4.78 is 22.7. The van der Waals surface area contributed by atoms with Gasteiger partial charge in [0.15, 0.2) is 5.54 Å². The van der Waals surface area contributed by atoms with Crippen LogP contribution >= 0.6 is 0 Å². The van der Waals surface area contributed by atoms with Crippen LogP contribution in [-0.2, 0) is 43.4 Å². The molecule has 3 aromatic rings. The van der Waals surface area contributed by atoms with Crippen molar-refractivity contribution in [3.8, 4) is 0 Å². The number of imide groups is 1. The Labute approximate surface area is 281 Å². The topological polar surface area (TPSA) is 112 Å². The Hall–Kier alpha value is -4.86. The fourth-order valence-electron chi connectivity index (χ4n) is 6.97. The largest absolute Gasteiger partial charge is 0.467 e. The van der Waals surface area contributed by atoms with Crippen molar-refractivity contribution >= 4 is 24.2 Å². The number of amides is 3. The minimum absolute atomic E-state index is 0.0389. The first kappa shape index (κ1) is 34.5. The highest BCUT2D eigenvalue weighted by molar-refractivity contribution is 5.97. The van der Waals surface area contributed by atoms with Crippen LogP contribution in [0.1, 0.15) is 63.1 Å². The highest BCUT2D eigenvalue weighted by Crippen LogP contribution is 2.47. The molecule has 0 radical (unpaired) electrons. The maximum absolute atomic E-state index is 14.4. The first-order valence-electron chi connectivity index (χ1n) is 16.4. The van der Waals surface area contributed by atoms with Crippen molar-refractivity contribution in [2.45, 2.75) is 89.3 Å². The van der Waals surface area contributed by atoms with Crippen LogP contribution < -0.4 is 0 Å². The molecule has 0 aliphatic carbocycles. The Morgan fingerprint density at radius 3 is 1.67 bits per heavy atom. The molecule has 2 saturated heterocycles. The SMILES string of the molecule is COC(=O)[C@](Cc1ccccc1)(C1CC2CCC(C1)N2C(=O)OCc1ccccc1)N(C(=O)OCc1ccccc1)C(=O)OC(C)(C)C. The molecular formula is C38H44N2O8. The molecule has 2 fully saturated rings. The van der Waals surface area contributed by atoms with Crippen molar-refractivity contribution in [2.75, 3.05) is 7.11 Å². The second kappa shape index (κ2) is 14.9. The van der Waals surface area contributed by atoms with Crippen LogP contribution in [0.5, 0.6) is 0 Å². The second-order valence-corrected chi connectivity index (χ2v) is 13.4. The summed E-state index contributed by atoms with van der Waals surface area (Å²) in [6.07, 6.45) is -0.477. The number of methoxy groups -OCH3 is 1. The maximum atomic E-state index is 14.4. The number of rotatable bonds is 9. The van der Waals surface area contributed by atoms with Crippen molar-refractivity contribution in [3.05, 3.63) is 108 Å². The van der Waals surface area contributed by atoms with E-state index in [1.807, 2.05) is 78.9 Å². The fourth-order valence-corrected chi connectivity index (χ4v) is 6.97. The Balaban J connectivity index is 1.52. The van der Waals surface area contributed by atoms with E-state index in [2.05, 4.69) is 0 Å². The minimum atomic E-state index is -1.85. The predicted molar refractivity (Wildman–Crippen MR) is 178 cm³/mol. The average molecular weight is 657 g/mol. The number of benzene rings is 3. The number of hydrogen-bond donors (Lipinski definition) is 0. The van der Waals surface area contributed by atoms with E-state index in [-0.39, 0.29) is 31.7 Å². The first-order chi connectivity index (χ1) is 23.0. The molecule has 10 heteroatoms. The number of piperidine rings is 1. The molecule has 2 aliphatic heterocycles. The summed E-state index contributed by atoms with van der Waals surface area (Å²) >= 11 is 0. The molecule has 0 aromatic heterocycles. The van der Waals surface area contributed by atoms with Gasteiger partial charge in [0.05, 0.1) is 7.11 Å². The third kappa shape index (κ3) is 7.81. The highest BCUT2D eigenvalue weighted by atomic mass is 16.6. The smallest absolute Gasteiger partial charge is 0.420 e. The lowest BCUT2D eigenvalue weighted by atomic mass is 9.71. The molecule has 0 spiro atoms. The van der Waals surface area contributed by atoms with Gasteiger partial charge in [-0.15, -0.1) is 0 Å². The molecule has 2 bridgehead atoms. The van der Waals surface area contributed by atoms with E-state index in [4.69, 9.17) is 18.9 Å². The van der Waals surface area contributed by atoms with Gasteiger partial charge in [-0.25, -0.2) is 19.2 Å². The van der Waals surface area contributed by atoms with Crippen molar-refractivity contribution < 1.29 is 38.1 Å². The van der Waals surface area contributed by atoms with Crippen molar-refractivity contribution in [3.63, 3.8) is 0 Å². The van der Waals surface area contributed by atoms with Gasteiger partial charge in [-0.3, -0.25) is 0 Å². The number of esters is 1. The van der Waals surface area contributed by atoms with Crippen LogP contribution in [0.4, 0.5) is 14.4 Å². The second-order valence-electron chi connectivity index (χ2n) is 13.4. The summed E-state index contributed by atoms with van der Waals surface area (Å²) in [5.41, 5.74) is -0.545. The van der Waals surface area contributed by atoms with Crippen LogP contribution in [0, 0.1) is 5.92 Å². The van der Waals surface area contributed by atoms with E-state index in [9.17, 15) is 19.2 Å². The van der Waals surface area contributed by atoms with Crippen molar-refractivity contribution in [2.24, 2.45) is 5.92 Å². The van der Waals surface area contributed by atoms with Gasteiger partial charge in [-0.1, -0.05) is 91.0 Å². The summed E-state index contributed by atoms with van der Waals surface area (Å²) in [5, 5.41) is 0. The van der Waals surface area contributed by atoms with E-state index >= 15 is 0 Å². The molecule has 2 heterocycles. The van der Waals surface area contributed by atoms with E-state index in [0.29, 0.717) is 36.8 Å². The van der Waals surface area contributed by atoms with Gasteiger partial charge in [-0.2, -0.15) is 4.90 Å². The molecular weight excluding hydrogens is 612 g/mol. The Bertz CT molecular complexity index is 1550. The van der Waals surface area contributed by atoms with Gasteiger partial charge >= 0.3 is 24.2 Å². The molecule has 3 aromatic carbocycles. The van der Waals surface area contributed by atoms with E-state index in [1.165, 1.54) is 7.11 Å². The molecule has 48 heavy (non-hydrogen) atoms. The van der Waals surface area contributed by atoms with Gasteiger partial charge < -0.3 is 23.8 Å². The van der Waals surface area contributed by atoms with Crippen LogP contribution in [0.2, 0.25) is 0 Å². The van der Waals surface area contributed by atoms with Gasteiger partial charge in [-0.05, 0) is 69.1 Å². The lowest BCUT2D eigenvalue weighted by Gasteiger charge is -2.49. The van der Waals surface area contributed by atoms with Crippen LogP contribution in [-0.4, -0.2) is 64.4 Å². The maximum Gasteiger partial charge on any atom is 0.420 e. The van der Waals surface area contributed by atoms with Crippen LogP contribution in [0.25, 0.3) is 0 Å². The number of nitrogens with zero attached hydrogens (tertiary/aromatic N) is 2. The van der Waals surface area contributed by atoms with Crippen molar-refractivity contribution in [1.82, 2.24) is 9.80 Å². The molecule has 3 atom stereocenters. The fraction of sp³-hybridized carbons (Fsp3) is 0.421. The molecule has 0 N–H and O–H groups in total. The summed E-state index contributed by atoms with van der Waals surface area (Å²) in [6, 6.07) is 27.2. The average Bonchev–Trinajstić information content (AvgIpc) is 3.34. The summed E-state index contributed by atoms with van der Waals surface area (Å²) in [7, 11) is 1.25. The van der Waals surface area contributed by atoms with Crippen LogP contribution in [0.15, 0.2) is 91.0 Å². The normalized spacial score (nSPS) is 19.8. The van der Waals surface area contributed by atoms with Gasteiger partial charge in [0.1, 0.15) is 18.8 Å². The predicted octanol–water partition coefficient (Wildman–Crippen LogP) is 7.29. The molecule has 10 nitrogen and oxygen atoms in total. The summed E-state index contributed by atoms with van der Waals surface area (Å²) in [5.74, 6) is -1.36. The van der Waals surface area contributed by atoms with E-state index in [0.717, 1.165) is 10.5 Å². The third-order valence-electron chi connectivity index (χ3n) is 9.04. The molecule has 254 valence electrons. The molecule has 2 unspecified atom stereocenters. The Kier molecular flexibility index (Phi) is 10.7. The number of carbonyl (C=O) groups is 4. The highest BCUT2D eigenvalue weighted by Gasteiger charge is 2.61. The molecule has 5 rings (SSSR count). The number of carbonyl (C=O) groups excluding carboxylic acids is 4. The van der Waals surface area contributed by atoms with E-state index in [1.54, 1.807) is 37.8 Å². The zero-order valence-corrected chi connectivity index (χ0v) is 28.0. The van der Waals surface area contributed by atoms with Crippen molar-refractivity contribution in [1.29, 1.82) is 0 Å². The Morgan fingerprint density at radius 1 is 0.708 bits per heavy atom. The standard InChI is InChI=1S/C38H44N2O8/c1-37(2,3)48-36(44)40(35(43)47-26-29-18-12-7-13-19-29)38(33(41)45-4,24-27-14-8-5-9-15-27)30-22-31-20-21-32(23-30)39(31)34(42)46-25-28-16-10-6-11-17-28/h5-19,30-32H,20-26H2,1-4H3/t30?,31?,32?,38-/m0/s1. The van der Waals surface area contributed by atoms with E-state index < -0.39 is 41.3 Å².